The van der Waals surface area contributed by atoms with Crippen molar-refractivity contribution in [3.63, 3.8) is 0 Å². The second-order valence-electron chi connectivity index (χ2n) is 15.9. The van der Waals surface area contributed by atoms with Crippen LogP contribution in [0.15, 0.2) is 60.7 Å². The first-order chi connectivity index (χ1) is 20.4. The van der Waals surface area contributed by atoms with E-state index in [0.29, 0.717) is 0 Å². The Kier molecular flexibility index (Phi) is 34.9. The number of rotatable bonds is 1. The Labute approximate surface area is 430 Å². The molecule has 5 rings (SSSR count). The minimum atomic E-state index is 0. The first-order valence-electron chi connectivity index (χ1n) is 17.1. The molecule has 49 heavy (non-hydrogen) atoms. The van der Waals surface area contributed by atoms with Crippen LogP contribution in [-0.4, -0.2) is 11.3 Å². The van der Waals surface area contributed by atoms with Crippen molar-refractivity contribution in [2.75, 3.05) is 0 Å². The minimum Gasteiger partial charge on any atom is -0.134 e. The standard InChI is InChI=1S/C15H24.C10H20P2.C9H12.C8H10.CH4.4Ar/c1-11-8-12(14(2,3)4)10-13(9-11)15(5,6)7;11-9-5-1-3-7(9)8-4-2-6-10(8)12;1-7-4-8(2)6-9(3)5-7;1-7-3-5-8(2)6-4-7;;;;;/h8-10H,1-7H3;7-10H,1-6,11-12H2;4-6H,1-3H3;3-6H,1-2H3;1H4;;;;. The largest absolute Gasteiger partial charge is 0.134 e. The molecule has 3 aromatic carbocycles. The van der Waals surface area contributed by atoms with E-state index >= 15 is 0 Å². The molecule has 0 N–H and O–H groups in total. The molecule has 0 aliphatic heterocycles. The van der Waals surface area contributed by atoms with Crippen LogP contribution < -0.4 is 0 Å². The van der Waals surface area contributed by atoms with Gasteiger partial charge >= 0.3 is 0 Å². The van der Waals surface area contributed by atoms with Gasteiger partial charge in [0.05, 0.1) is 0 Å². The van der Waals surface area contributed by atoms with Gasteiger partial charge in [0.1, 0.15) is 0 Å². The van der Waals surface area contributed by atoms with Crippen LogP contribution in [0.5, 0.6) is 0 Å². The summed E-state index contributed by atoms with van der Waals surface area (Å²) in [5.41, 5.74) is 13.3. The van der Waals surface area contributed by atoms with E-state index in [4.69, 9.17) is 0 Å². The van der Waals surface area contributed by atoms with E-state index in [1.54, 1.807) is 0 Å². The summed E-state index contributed by atoms with van der Waals surface area (Å²) in [7, 11) is 6.15. The predicted octanol–water partition coefficient (Wildman–Crippen LogP) is 13.2. The molecule has 0 amide bonds. The van der Waals surface area contributed by atoms with Crippen molar-refractivity contribution < 1.29 is 151 Å². The number of hydrogen-bond donors (Lipinski definition) is 0. The molecule has 3 aromatic rings. The Morgan fingerprint density at radius 3 is 0.918 bits per heavy atom. The van der Waals surface area contributed by atoms with E-state index in [1.165, 1.54) is 83.0 Å². The third-order valence-electron chi connectivity index (χ3n) is 9.19. The molecule has 0 bridgehead atoms. The van der Waals surface area contributed by atoms with Crippen molar-refractivity contribution in [3.05, 3.63) is 105 Å². The van der Waals surface area contributed by atoms with E-state index in [0.717, 1.165) is 23.2 Å². The van der Waals surface area contributed by atoms with Gasteiger partial charge in [-0.05, 0) is 112 Å². The van der Waals surface area contributed by atoms with Crippen LogP contribution in [0.25, 0.3) is 0 Å². The summed E-state index contributed by atoms with van der Waals surface area (Å²) in [4.78, 5) is 0. The second kappa shape index (κ2) is 28.9. The van der Waals surface area contributed by atoms with Crippen molar-refractivity contribution in [1.82, 2.24) is 0 Å². The summed E-state index contributed by atoms with van der Waals surface area (Å²) in [6.45, 7) is 26.4. The third-order valence-corrected chi connectivity index (χ3v) is 10.8. The summed E-state index contributed by atoms with van der Waals surface area (Å²) in [6.07, 6.45) is 8.89. The Bertz CT molecular complexity index is 1170. The van der Waals surface area contributed by atoms with Crippen LogP contribution in [0.3, 0.4) is 0 Å². The maximum Gasteiger partial charge on any atom is 0 e. The van der Waals surface area contributed by atoms with Crippen LogP contribution in [0, 0.1) is 204 Å². The van der Waals surface area contributed by atoms with Crippen LogP contribution in [0.1, 0.15) is 132 Å². The molecule has 2 aliphatic carbocycles. The monoisotopic (exact) mass is 808 g/mol. The Morgan fingerprint density at radius 1 is 0.429 bits per heavy atom. The van der Waals surface area contributed by atoms with E-state index < -0.39 is 0 Å². The molecule has 284 valence electrons. The van der Waals surface area contributed by atoms with Gasteiger partial charge in [-0.15, -0.1) is 18.5 Å². The van der Waals surface area contributed by atoms with Crippen LogP contribution >= 0.6 is 18.5 Å². The molecule has 0 saturated heterocycles. The van der Waals surface area contributed by atoms with Gasteiger partial charge in [-0.3, -0.25) is 0 Å². The topological polar surface area (TPSA) is 0 Å². The quantitative estimate of drug-likeness (QED) is 0.215. The first kappa shape index (κ1) is 59.3. The SMILES string of the molecule is C.Cc1cc(C(C)(C)C)cc(C(C)(C)C)c1.Cc1cc(C)cc(C)c1.Cc1ccc(C)cc1.PC1CCCC1C1CCCC1P.[Ar].[Ar].[Ar].[Ar]. The van der Waals surface area contributed by atoms with Gasteiger partial charge in [0.25, 0.3) is 0 Å². The predicted molar refractivity (Wildman–Crippen MR) is 214 cm³/mol. The van der Waals surface area contributed by atoms with Crippen molar-refractivity contribution in [2.24, 2.45) is 11.8 Å². The molecule has 2 fully saturated rings. The minimum absolute atomic E-state index is 0. The molecule has 6 unspecified atom stereocenters. The zero-order valence-electron chi connectivity index (χ0n) is 31.9. The third kappa shape index (κ3) is 23.4. The molecule has 2 saturated carbocycles. The fraction of sp³-hybridized carbons (Fsp3) is 0.581. The summed E-state index contributed by atoms with van der Waals surface area (Å²) in [6, 6.07) is 22.0. The Morgan fingerprint density at radius 2 is 0.694 bits per heavy atom. The average Bonchev–Trinajstić information content (AvgIpc) is 3.52. The Balaban J connectivity index is -0.000000273. The van der Waals surface area contributed by atoms with Gasteiger partial charge in [-0.25, -0.2) is 0 Å². The molecule has 0 radical (unpaired) electrons. The van der Waals surface area contributed by atoms with Gasteiger partial charge < -0.3 is 0 Å². The summed E-state index contributed by atoms with van der Waals surface area (Å²) >= 11 is 0. The van der Waals surface area contributed by atoms with E-state index in [-0.39, 0.29) is 169 Å². The average molecular weight is 809 g/mol. The van der Waals surface area contributed by atoms with Gasteiger partial charge in [0.15, 0.2) is 0 Å². The molecule has 0 nitrogen and oxygen atoms in total. The normalized spacial score (nSPS) is 19.1. The zero-order chi connectivity index (χ0) is 33.2. The number of hydrogen-bond acceptors (Lipinski definition) is 0. The maximum absolute atomic E-state index is 3.07. The van der Waals surface area contributed by atoms with E-state index in [2.05, 4.69) is 162 Å². The molecule has 0 spiro atoms. The molecule has 0 heterocycles. The smallest absolute Gasteiger partial charge is 0 e. The van der Waals surface area contributed by atoms with Crippen molar-refractivity contribution in [1.29, 1.82) is 0 Å². The van der Waals surface area contributed by atoms with Crippen LogP contribution in [0.4, 0.5) is 0 Å². The Hall–Kier alpha value is 3.56. The maximum atomic E-state index is 3.07. The van der Waals surface area contributed by atoms with Crippen molar-refractivity contribution >= 4 is 18.5 Å². The van der Waals surface area contributed by atoms with Crippen LogP contribution in [0.2, 0.25) is 0 Å². The first-order valence-corrected chi connectivity index (χ1v) is 18.4. The molecule has 6 heteroatoms. The number of aryl methyl sites for hydroxylation is 6. The number of benzene rings is 3. The summed E-state index contributed by atoms with van der Waals surface area (Å²) in [5, 5.41) is 0. The fourth-order valence-corrected chi connectivity index (χ4v) is 8.01. The summed E-state index contributed by atoms with van der Waals surface area (Å²) < 4.78 is 0. The zero-order valence-corrected chi connectivity index (χ0v) is 37.0. The van der Waals surface area contributed by atoms with Gasteiger partial charge in [0.2, 0.25) is 0 Å². The second-order valence-corrected chi connectivity index (χ2v) is 17.6. The molecular weight excluding hydrogens is 738 g/mol. The van der Waals surface area contributed by atoms with E-state index in [1.807, 2.05) is 0 Å². The van der Waals surface area contributed by atoms with Crippen LogP contribution in [-0.2, 0) is 10.8 Å². The summed E-state index contributed by atoms with van der Waals surface area (Å²) in [5.74, 6) is 2.08. The van der Waals surface area contributed by atoms with Gasteiger partial charge in [-0.2, -0.15) is 0 Å². The molecule has 6 atom stereocenters. The van der Waals surface area contributed by atoms with Crippen molar-refractivity contribution in [2.45, 2.75) is 151 Å². The molecule has 0 aromatic heterocycles. The fourth-order valence-electron chi connectivity index (χ4n) is 6.59. The molecular formula is C43H70Ar4P2. The molecule has 2 aliphatic rings. The van der Waals surface area contributed by atoms with Gasteiger partial charge in [0, 0.05) is 151 Å². The van der Waals surface area contributed by atoms with Crippen molar-refractivity contribution in [3.8, 4) is 0 Å². The van der Waals surface area contributed by atoms with E-state index in [9.17, 15) is 0 Å². The van der Waals surface area contributed by atoms with Gasteiger partial charge in [-0.1, -0.05) is 156 Å².